The summed E-state index contributed by atoms with van der Waals surface area (Å²) in [5, 5.41) is 29.2. The number of Topliss-reactive ketones (excluding diaryl/α,β-unsaturated/α-hetero) is 1. The zero-order valence-corrected chi connectivity index (χ0v) is 15.7. The van der Waals surface area contributed by atoms with E-state index in [4.69, 9.17) is 5.11 Å². The van der Waals surface area contributed by atoms with Gasteiger partial charge in [0.2, 0.25) is 0 Å². The molecule has 1 fully saturated rings. The fraction of sp³-hybridized carbons (Fsp3) is 0.545. The van der Waals surface area contributed by atoms with Crippen LogP contribution in [-0.2, 0) is 16.0 Å². The Hall–Kier alpha value is -1.98. The third-order valence-corrected chi connectivity index (χ3v) is 5.30. The summed E-state index contributed by atoms with van der Waals surface area (Å²) < 4.78 is 0. The zero-order chi connectivity index (χ0) is 19.6. The topological polar surface area (TPSA) is 94.8 Å². The Kier molecular flexibility index (Phi) is 8.69. The van der Waals surface area contributed by atoms with Crippen molar-refractivity contribution in [1.29, 1.82) is 0 Å². The molecule has 1 aliphatic rings. The fourth-order valence-corrected chi connectivity index (χ4v) is 3.82. The molecule has 1 aromatic rings. The van der Waals surface area contributed by atoms with Crippen LogP contribution in [0.4, 0.5) is 0 Å². The number of aliphatic hydroxyl groups excluding tert-OH is 2. The highest BCUT2D eigenvalue weighted by Crippen LogP contribution is 2.35. The molecule has 0 radical (unpaired) electrons. The molecule has 0 bridgehead atoms. The minimum Gasteiger partial charge on any atom is -0.481 e. The van der Waals surface area contributed by atoms with E-state index in [1.54, 1.807) is 0 Å². The largest absolute Gasteiger partial charge is 0.481 e. The third kappa shape index (κ3) is 7.27. The first-order valence-electron chi connectivity index (χ1n) is 9.77. The molecule has 1 saturated carbocycles. The number of carbonyl (C=O) groups is 2. The summed E-state index contributed by atoms with van der Waals surface area (Å²) in [5.74, 6) is -1.04. The fourth-order valence-electron chi connectivity index (χ4n) is 3.82. The first-order valence-corrected chi connectivity index (χ1v) is 9.77. The van der Waals surface area contributed by atoms with Crippen molar-refractivity contribution >= 4 is 11.8 Å². The summed E-state index contributed by atoms with van der Waals surface area (Å²) >= 11 is 0. The standard InChI is InChI=1S/C22H30O5/c23-17(14-16-8-4-3-5-9-16)12-13-19-18(20(24)15-21(19)25)10-6-1-2-7-11-22(26)27/h1,3-6,8-9,17-19,21,23,25H,2,7,10-15H2,(H,26,27)/b6-1-/t17-,18-,19-,21-/m1/s1. The van der Waals surface area contributed by atoms with Gasteiger partial charge in [-0.05, 0) is 50.0 Å². The number of allylic oxidation sites excluding steroid dienone is 2. The van der Waals surface area contributed by atoms with Crippen LogP contribution in [0.5, 0.6) is 0 Å². The van der Waals surface area contributed by atoms with Crippen LogP contribution < -0.4 is 0 Å². The van der Waals surface area contributed by atoms with Gasteiger partial charge in [0.1, 0.15) is 5.78 Å². The van der Waals surface area contributed by atoms with E-state index in [9.17, 15) is 19.8 Å². The van der Waals surface area contributed by atoms with Crippen LogP contribution in [-0.4, -0.2) is 39.3 Å². The van der Waals surface area contributed by atoms with Gasteiger partial charge < -0.3 is 15.3 Å². The van der Waals surface area contributed by atoms with Crippen molar-refractivity contribution in [2.24, 2.45) is 11.8 Å². The van der Waals surface area contributed by atoms with Gasteiger partial charge in [-0.3, -0.25) is 9.59 Å². The van der Waals surface area contributed by atoms with Gasteiger partial charge in [-0.1, -0.05) is 42.5 Å². The summed E-state index contributed by atoms with van der Waals surface area (Å²) in [4.78, 5) is 22.7. The monoisotopic (exact) mass is 374 g/mol. The number of rotatable bonds is 11. The van der Waals surface area contributed by atoms with Gasteiger partial charge in [-0.15, -0.1) is 0 Å². The van der Waals surface area contributed by atoms with Crippen molar-refractivity contribution in [3.05, 3.63) is 48.0 Å². The van der Waals surface area contributed by atoms with Gasteiger partial charge >= 0.3 is 5.97 Å². The van der Waals surface area contributed by atoms with Crippen LogP contribution in [0.25, 0.3) is 0 Å². The Bertz CT molecular complexity index is 625. The highest BCUT2D eigenvalue weighted by molar-refractivity contribution is 5.84. The van der Waals surface area contributed by atoms with Crippen molar-refractivity contribution < 1.29 is 24.9 Å². The minimum absolute atomic E-state index is 0.0836. The van der Waals surface area contributed by atoms with E-state index >= 15 is 0 Å². The van der Waals surface area contributed by atoms with Crippen LogP contribution in [0.3, 0.4) is 0 Å². The Morgan fingerprint density at radius 1 is 1.22 bits per heavy atom. The molecule has 4 atom stereocenters. The molecule has 1 aliphatic carbocycles. The molecule has 0 aliphatic heterocycles. The first kappa shape index (κ1) is 21.3. The molecule has 3 N–H and O–H groups in total. The highest BCUT2D eigenvalue weighted by atomic mass is 16.4. The zero-order valence-electron chi connectivity index (χ0n) is 15.7. The molecule has 0 heterocycles. The SMILES string of the molecule is O=C(O)CCC/C=C\C[C@H]1C(=O)C[C@@H](O)[C@@H]1CC[C@@H](O)Cc1ccccc1. The molecule has 0 unspecified atom stereocenters. The second kappa shape index (κ2) is 11.0. The number of carboxylic acids is 1. The molecule has 0 spiro atoms. The lowest BCUT2D eigenvalue weighted by Gasteiger charge is -2.21. The Morgan fingerprint density at radius 2 is 1.96 bits per heavy atom. The summed E-state index contributed by atoms with van der Waals surface area (Å²) in [7, 11) is 0. The number of hydrogen-bond acceptors (Lipinski definition) is 4. The first-order chi connectivity index (χ1) is 13.0. The van der Waals surface area contributed by atoms with Gasteiger partial charge in [-0.2, -0.15) is 0 Å². The highest BCUT2D eigenvalue weighted by Gasteiger charge is 2.40. The van der Waals surface area contributed by atoms with Crippen molar-refractivity contribution in [2.45, 2.75) is 63.6 Å². The summed E-state index contributed by atoms with van der Waals surface area (Å²) in [6, 6.07) is 9.79. The molecule has 5 heteroatoms. The van der Waals surface area contributed by atoms with Gasteiger partial charge in [0.25, 0.3) is 0 Å². The molecule has 0 aromatic heterocycles. The molecule has 2 rings (SSSR count). The van der Waals surface area contributed by atoms with Crippen LogP contribution in [0.15, 0.2) is 42.5 Å². The van der Waals surface area contributed by atoms with E-state index in [0.717, 1.165) is 5.56 Å². The van der Waals surface area contributed by atoms with E-state index < -0.39 is 18.2 Å². The van der Waals surface area contributed by atoms with E-state index in [0.29, 0.717) is 38.5 Å². The average Bonchev–Trinajstić information content (AvgIpc) is 2.89. The third-order valence-electron chi connectivity index (χ3n) is 5.30. The maximum absolute atomic E-state index is 12.2. The van der Waals surface area contributed by atoms with Crippen LogP contribution in [0, 0.1) is 11.8 Å². The van der Waals surface area contributed by atoms with Crippen LogP contribution in [0.2, 0.25) is 0 Å². The maximum atomic E-state index is 12.2. The molecule has 0 amide bonds. The number of aliphatic carboxylic acids is 1. The van der Waals surface area contributed by atoms with E-state index in [1.807, 2.05) is 42.5 Å². The lowest BCUT2D eigenvalue weighted by molar-refractivity contribution is -0.137. The second-order valence-electron chi connectivity index (χ2n) is 7.42. The minimum atomic E-state index is -0.799. The number of hydrogen-bond donors (Lipinski definition) is 3. The summed E-state index contributed by atoms with van der Waals surface area (Å²) in [5.41, 5.74) is 1.08. The van der Waals surface area contributed by atoms with Gasteiger partial charge in [0, 0.05) is 18.8 Å². The van der Waals surface area contributed by atoms with E-state index in [-0.39, 0.29) is 30.5 Å². The number of aliphatic hydroxyl groups is 2. The predicted molar refractivity (Wildman–Crippen MR) is 103 cm³/mol. The molecule has 148 valence electrons. The lowest BCUT2D eigenvalue weighted by atomic mass is 9.86. The van der Waals surface area contributed by atoms with Crippen LogP contribution in [0.1, 0.15) is 50.5 Å². The van der Waals surface area contributed by atoms with Gasteiger partial charge in [-0.25, -0.2) is 0 Å². The quantitative estimate of drug-likeness (QED) is 0.409. The molecule has 0 saturated heterocycles. The smallest absolute Gasteiger partial charge is 0.303 e. The van der Waals surface area contributed by atoms with Crippen molar-refractivity contribution in [3.63, 3.8) is 0 Å². The van der Waals surface area contributed by atoms with Gasteiger partial charge in [0.05, 0.1) is 12.2 Å². The molecule has 1 aromatic carbocycles. The van der Waals surface area contributed by atoms with Crippen molar-refractivity contribution in [1.82, 2.24) is 0 Å². The maximum Gasteiger partial charge on any atom is 0.303 e. The van der Waals surface area contributed by atoms with Gasteiger partial charge in [0.15, 0.2) is 0 Å². The van der Waals surface area contributed by atoms with E-state index in [1.165, 1.54) is 0 Å². The molecular weight excluding hydrogens is 344 g/mol. The molecule has 27 heavy (non-hydrogen) atoms. The molecular formula is C22H30O5. The Balaban J connectivity index is 1.79. The second-order valence-corrected chi connectivity index (χ2v) is 7.42. The average molecular weight is 374 g/mol. The predicted octanol–water partition coefficient (Wildman–Crippen LogP) is 3.14. The molecule has 5 nitrogen and oxygen atoms in total. The number of carboxylic acid groups (broad SMARTS) is 1. The summed E-state index contributed by atoms with van der Waals surface area (Å²) in [6.45, 7) is 0. The lowest BCUT2D eigenvalue weighted by Crippen LogP contribution is -2.23. The Morgan fingerprint density at radius 3 is 2.67 bits per heavy atom. The Labute approximate surface area is 160 Å². The number of ketones is 1. The number of unbranched alkanes of at least 4 members (excludes halogenated alkanes) is 1. The number of benzene rings is 1. The van der Waals surface area contributed by atoms with Crippen molar-refractivity contribution in [3.8, 4) is 0 Å². The van der Waals surface area contributed by atoms with Crippen molar-refractivity contribution in [2.75, 3.05) is 0 Å². The normalized spacial score (nSPS) is 23.8. The number of carbonyl (C=O) groups excluding carboxylic acids is 1. The summed E-state index contributed by atoms with van der Waals surface area (Å²) in [6.07, 6.45) is 6.66. The van der Waals surface area contributed by atoms with Crippen LogP contribution >= 0.6 is 0 Å². The van der Waals surface area contributed by atoms with E-state index in [2.05, 4.69) is 0 Å².